The van der Waals surface area contributed by atoms with Crippen LogP contribution in [0.4, 0.5) is 22.7 Å². The molecule has 0 aromatic heterocycles. The van der Waals surface area contributed by atoms with E-state index in [1.54, 1.807) is 31.2 Å². The molecule has 6 aromatic rings. The van der Waals surface area contributed by atoms with Gasteiger partial charge >= 0.3 is 35.8 Å². The number of nitrogens with zero attached hydrogens (tertiary/aromatic N) is 4. The van der Waals surface area contributed by atoms with Crippen LogP contribution in [0.3, 0.4) is 0 Å². The predicted octanol–water partition coefficient (Wildman–Crippen LogP) is 14.9. The van der Waals surface area contributed by atoms with Crippen LogP contribution in [0.2, 0.25) is 0 Å². The molecule has 0 fully saturated rings. The lowest BCUT2D eigenvalue weighted by Gasteiger charge is -2.46. The molecule has 0 N–H and O–H groups in total. The Morgan fingerprint density at radius 2 is 0.842 bits per heavy atom. The molecule has 4 aliphatic heterocycles. The Balaban J connectivity index is 0.000000224. The SMILES string of the molecule is CCOC(=O)CCCCCOC(=O)CCC(=O)Oc1ccc2ccc3c(c2c1)N=CC1(O3)N(CC(C)C)c2ccccc2C1(C)C.CCOCCOC(=O)CCCCCOC(=O)CCC(=O)Oc1ccc2ccc3c(c2c1)N=CC1(O3)N(CC(C)C)c2ccccc2C1(C)C. The van der Waals surface area contributed by atoms with Gasteiger partial charge in [0, 0.05) is 54.7 Å². The molecular weight excluding hydrogens is 1210 g/mol. The highest BCUT2D eigenvalue weighted by atomic mass is 16.6. The minimum Gasteiger partial charge on any atom is -0.466 e. The summed E-state index contributed by atoms with van der Waals surface area (Å²) in [5.41, 5.74) is 3.73. The quantitative estimate of drug-likeness (QED) is 0.0185. The lowest BCUT2D eigenvalue weighted by Crippen LogP contribution is -2.62. The number of anilines is 2. The Morgan fingerprint density at radius 1 is 0.442 bits per heavy atom. The largest absolute Gasteiger partial charge is 0.466 e. The first-order valence-electron chi connectivity index (χ1n) is 33.6. The summed E-state index contributed by atoms with van der Waals surface area (Å²) in [6.07, 6.45) is 8.23. The van der Waals surface area contributed by atoms with Crippen molar-refractivity contribution in [3.05, 3.63) is 120 Å². The van der Waals surface area contributed by atoms with Crippen molar-refractivity contribution in [3.63, 3.8) is 0 Å². The third-order valence-corrected chi connectivity index (χ3v) is 17.7. The average Bonchev–Trinajstić information content (AvgIpc) is 0.855. The number of aliphatic imine (C=N–C) groups is 2. The molecule has 19 heteroatoms. The van der Waals surface area contributed by atoms with Crippen LogP contribution >= 0.6 is 0 Å². The van der Waals surface area contributed by atoms with Crippen LogP contribution in [0.5, 0.6) is 23.0 Å². The van der Waals surface area contributed by atoms with Crippen LogP contribution in [-0.2, 0) is 63.3 Å². The summed E-state index contributed by atoms with van der Waals surface area (Å²) in [4.78, 5) is 87.4. The van der Waals surface area contributed by atoms with Crippen molar-refractivity contribution in [2.45, 2.75) is 169 Å². The minimum absolute atomic E-state index is 0.0735. The molecular formula is C76H92N4O15. The number of fused-ring (bicyclic) bond motifs is 8. The maximum atomic E-state index is 12.7. The maximum absolute atomic E-state index is 12.7. The summed E-state index contributed by atoms with van der Waals surface area (Å²) in [7, 11) is 0. The van der Waals surface area contributed by atoms with E-state index in [4.69, 9.17) is 52.6 Å². The monoisotopic (exact) mass is 1300 g/mol. The summed E-state index contributed by atoms with van der Waals surface area (Å²) in [6, 6.07) is 35.6. The van der Waals surface area contributed by atoms with Crippen LogP contribution in [-0.4, -0.2) is 112 Å². The van der Waals surface area contributed by atoms with Crippen molar-refractivity contribution >= 4 is 92.5 Å². The molecule has 6 aromatic carbocycles. The van der Waals surface area contributed by atoms with E-state index in [9.17, 15) is 28.8 Å². The molecule has 0 bridgehead atoms. The molecule has 0 amide bonds. The summed E-state index contributed by atoms with van der Waals surface area (Å²) >= 11 is 0. The Labute approximate surface area is 557 Å². The van der Waals surface area contributed by atoms with Gasteiger partial charge in [0.1, 0.15) is 41.0 Å². The third kappa shape index (κ3) is 16.3. The van der Waals surface area contributed by atoms with Gasteiger partial charge in [0.25, 0.3) is 0 Å². The second-order valence-electron chi connectivity index (χ2n) is 26.2. The van der Waals surface area contributed by atoms with E-state index in [1.165, 1.54) is 11.1 Å². The van der Waals surface area contributed by atoms with E-state index in [0.717, 1.165) is 58.9 Å². The van der Waals surface area contributed by atoms with Crippen molar-refractivity contribution in [2.75, 3.05) is 62.5 Å². The molecule has 0 radical (unpaired) electrons. The number of hydrogen-bond acceptors (Lipinski definition) is 19. The number of ether oxygens (including phenoxy) is 9. The topological polar surface area (TPSA) is 217 Å². The molecule has 10 rings (SSSR count). The molecule has 2 unspecified atom stereocenters. The first-order valence-corrected chi connectivity index (χ1v) is 33.6. The first kappa shape index (κ1) is 70.5. The van der Waals surface area contributed by atoms with Crippen LogP contribution in [0, 0.1) is 11.8 Å². The highest BCUT2D eigenvalue weighted by Crippen LogP contribution is 2.57. The van der Waals surface area contributed by atoms with E-state index in [1.807, 2.05) is 55.8 Å². The molecule has 4 aliphatic rings. The van der Waals surface area contributed by atoms with Gasteiger partial charge in [-0.05, 0) is 162 Å². The predicted molar refractivity (Wildman–Crippen MR) is 367 cm³/mol. The smallest absolute Gasteiger partial charge is 0.311 e. The summed E-state index contributed by atoms with van der Waals surface area (Å²) in [6.45, 7) is 25.0. The molecule has 0 saturated heterocycles. The molecule has 0 saturated carbocycles. The van der Waals surface area contributed by atoms with E-state index in [0.29, 0.717) is 105 Å². The van der Waals surface area contributed by atoms with Gasteiger partial charge in [-0.2, -0.15) is 0 Å². The second-order valence-corrected chi connectivity index (χ2v) is 26.2. The second kappa shape index (κ2) is 31.6. The van der Waals surface area contributed by atoms with Gasteiger partial charge in [-0.15, -0.1) is 0 Å². The average molecular weight is 1300 g/mol. The van der Waals surface area contributed by atoms with E-state index in [2.05, 4.69) is 114 Å². The third-order valence-electron chi connectivity index (χ3n) is 17.7. The van der Waals surface area contributed by atoms with Crippen molar-refractivity contribution in [2.24, 2.45) is 21.8 Å². The fraction of sp³-hybridized carbons (Fsp3) is 0.474. The van der Waals surface area contributed by atoms with Gasteiger partial charge in [0.2, 0.25) is 11.4 Å². The molecule has 506 valence electrons. The normalized spacial score (nSPS) is 17.3. The van der Waals surface area contributed by atoms with Crippen LogP contribution in [0.25, 0.3) is 21.5 Å². The molecule has 19 nitrogen and oxygen atoms in total. The standard InChI is InChI=1S/C39H48N2O8.C37H44N2O7/c1-6-45-22-23-47-34(42)14-8-7-11-21-46-35(43)19-20-36(44)48-29-17-15-28-16-18-33-37(30(28)24-29)40-26-39(49-33)38(4,5)31-12-9-10-13-32(31)41(39)25-27(2)3;1-6-43-32(40)14-8-7-11-21-44-33(41)19-20-34(42)45-27-17-15-26-16-18-31-35(28(26)22-27)38-24-37(46-31)36(4,5)29-12-9-10-13-30(29)39(37)23-25(2)3/h9-10,12-13,15-18,24,26-27H,6-8,11,14,19-23,25H2,1-5H3;9-10,12-13,15-18,22,24-25H,6-8,11,14,19-21,23H2,1-5H3. The number of para-hydroxylation sites is 2. The number of unbranched alkanes of at least 4 members (excludes halogenated alkanes) is 4. The Bertz CT molecular complexity index is 3800. The number of hydrogen-bond donors (Lipinski definition) is 0. The van der Waals surface area contributed by atoms with Gasteiger partial charge in [-0.3, -0.25) is 38.8 Å². The first-order chi connectivity index (χ1) is 45.6. The molecule has 2 spiro atoms. The van der Waals surface area contributed by atoms with Crippen molar-refractivity contribution in [3.8, 4) is 23.0 Å². The van der Waals surface area contributed by atoms with Crippen LogP contribution < -0.4 is 28.7 Å². The molecule has 0 aliphatic carbocycles. The fourth-order valence-electron chi connectivity index (χ4n) is 12.7. The van der Waals surface area contributed by atoms with Crippen LogP contribution in [0.1, 0.15) is 157 Å². The van der Waals surface area contributed by atoms with Crippen molar-refractivity contribution in [1.29, 1.82) is 0 Å². The van der Waals surface area contributed by atoms with Crippen molar-refractivity contribution in [1.82, 2.24) is 0 Å². The number of rotatable bonds is 29. The highest BCUT2D eigenvalue weighted by molar-refractivity contribution is 6.02. The maximum Gasteiger partial charge on any atom is 0.311 e. The zero-order chi connectivity index (χ0) is 67.9. The molecule has 95 heavy (non-hydrogen) atoms. The lowest BCUT2D eigenvalue weighted by atomic mass is 9.77. The Morgan fingerprint density at radius 3 is 1.27 bits per heavy atom. The van der Waals surface area contributed by atoms with E-state index >= 15 is 0 Å². The minimum atomic E-state index is -0.807. The van der Waals surface area contributed by atoms with Gasteiger partial charge in [-0.1, -0.05) is 88.4 Å². The Kier molecular flexibility index (Phi) is 23.4. The number of esters is 6. The van der Waals surface area contributed by atoms with Gasteiger partial charge in [0.05, 0.1) is 75.4 Å². The van der Waals surface area contributed by atoms with E-state index < -0.39 is 35.3 Å². The van der Waals surface area contributed by atoms with Gasteiger partial charge in [-0.25, -0.2) is 0 Å². The fourth-order valence-corrected chi connectivity index (χ4v) is 12.7. The summed E-state index contributed by atoms with van der Waals surface area (Å²) in [5.74, 6) is 0.400. The highest BCUT2D eigenvalue weighted by Gasteiger charge is 2.61. The van der Waals surface area contributed by atoms with Gasteiger partial charge < -0.3 is 52.4 Å². The zero-order valence-electron chi connectivity index (χ0n) is 56.8. The number of carbonyl (C=O) groups is 6. The van der Waals surface area contributed by atoms with E-state index in [-0.39, 0.29) is 68.3 Å². The van der Waals surface area contributed by atoms with Crippen molar-refractivity contribution < 1.29 is 71.4 Å². The molecule has 2 atom stereocenters. The molecule has 4 heterocycles. The van der Waals surface area contributed by atoms with Crippen LogP contribution in [0.15, 0.2) is 119 Å². The number of benzene rings is 6. The number of carbonyl (C=O) groups excluding carboxylic acids is 6. The summed E-state index contributed by atoms with van der Waals surface area (Å²) in [5, 5.41) is 3.48. The zero-order valence-corrected chi connectivity index (χ0v) is 56.8. The lowest BCUT2D eigenvalue weighted by molar-refractivity contribution is -0.147. The summed E-state index contributed by atoms with van der Waals surface area (Å²) < 4.78 is 50.7. The Hall–Kier alpha value is -8.84. The van der Waals surface area contributed by atoms with Gasteiger partial charge in [0.15, 0.2) is 0 Å².